The van der Waals surface area contributed by atoms with Gasteiger partial charge in [-0.05, 0) is 18.1 Å². The van der Waals surface area contributed by atoms with Crippen molar-refractivity contribution in [3.05, 3.63) is 53.9 Å². The van der Waals surface area contributed by atoms with Crippen molar-refractivity contribution in [1.82, 2.24) is 14.7 Å². The average Bonchev–Trinajstić information content (AvgIpc) is 2.93. The lowest BCUT2D eigenvalue weighted by Gasteiger charge is -2.34. The molecule has 0 bridgehead atoms. The van der Waals surface area contributed by atoms with Gasteiger partial charge in [0.2, 0.25) is 0 Å². The summed E-state index contributed by atoms with van der Waals surface area (Å²) in [5, 5.41) is 14.7. The van der Waals surface area contributed by atoms with Gasteiger partial charge in [-0.15, -0.1) is 0 Å². The molecule has 5 nitrogen and oxygen atoms in total. The molecule has 5 heteroatoms. The highest BCUT2D eigenvalue weighted by Crippen LogP contribution is 2.16. The third kappa shape index (κ3) is 3.94. The van der Waals surface area contributed by atoms with E-state index in [1.807, 2.05) is 54.3 Å². The van der Waals surface area contributed by atoms with Gasteiger partial charge in [0.05, 0.1) is 31.6 Å². The molecule has 0 amide bonds. The van der Waals surface area contributed by atoms with E-state index in [1.165, 1.54) is 0 Å². The Morgan fingerprint density at radius 2 is 2.18 bits per heavy atom. The maximum absolute atomic E-state index is 10.4. The van der Waals surface area contributed by atoms with Gasteiger partial charge in [0.1, 0.15) is 0 Å². The number of morpholine rings is 1. The van der Waals surface area contributed by atoms with E-state index in [9.17, 15) is 5.11 Å². The SMILES string of the molecule is Cc1cnn(C[C@H]2CN(C[C@@H](O)c3ccccc3)CCO2)c1. The molecule has 1 aromatic heterocycles. The molecule has 0 radical (unpaired) electrons. The van der Waals surface area contributed by atoms with Gasteiger partial charge in [-0.25, -0.2) is 0 Å². The third-order valence-corrected chi connectivity index (χ3v) is 3.99. The molecule has 0 saturated carbocycles. The molecule has 1 saturated heterocycles. The van der Waals surface area contributed by atoms with Gasteiger partial charge in [0, 0.05) is 25.8 Å². The zero-order valence-corrected chi connectivity index (χ0v) is 12.9. The summed E-state index contributed by atoms with van der Waals surface area (Å²) < 4.78 is 7.75. The summed E-state index contributed by atoms with van der Waals surface area (Å²) in [4.78, 5) is 2.27. The highest BCUT2D eigenvalue weighted by molar-refractivity contribution is 5.17. The predicted octanol–water partition coefficient (Wildman–Crippen LogP) is 1.63. The number of aliphatic hydroxyl groups is 1. The Balaban J connectivity index is 1.54. The maximum Gasteiger partial charge on any atom is 0.0916 e. The number of aromatic nitrogens is 2. The van der Waals surface area contributed by atoms with Gasteiger partial charge in [0.25, 0.3) is 0 Å². The number of nitrogens with zero attached hydrogens (tertiary/aromatic N) is 3. The Kier molecular flexibility index (Phi) is 4.87. The monoisotopic (exact) mass is 301 g/mol. The fraction of sp³-hybridized carbons (Fsp3) is 0.471. The zero-order valence-electron chi connectivity index (χ0n) is 12.9. The first-order valence-corrected chi connectivity index (χ1v) is 7.77. The normalized spacial score (nSPS) is 20.9. The van der Waals surface area contributed by atoms with E-state index in [2.05, 4.69) is 10.00 Å². The van der Waals surface area contributed by atoms with Crippen LogP contribution < -0.4 is 0 Å². The Morgan fingerprint density at radius 3 is 2.91 bits per heavy atom. The molecule has 22 heavy (non-hydrogen) atoms. The van der Waals surface area contributed by atoms with Crippen molar-refractivity contribution in [2.45, 2.75) is 25.7 Å². The first-order chi connectivity index (χ1) is 10.7. The molecule has 1 aliphatic heterocycles. The fourth-order valence-corrected chi connectivity index (χ4v) is 2.86. The number of β-amino-alcohol motifs (C(OH)–C–C–N with tert-alkyl or cyclic N) is 1. The van der Waals surface area contributed by atoms with Crippen LogP contribution in [0.25, 0.3) is 0 Å². The topological polar surface area (TPSA) is 50.5 Å². The van der Waals surface area contributed by atoms with Gasteiger partial charge >= 0.3 is 0 Å². The van der Waals surface area contributed by atoms with E-state index in [-0.39, 0.29) is 6.10 Å². The molecule has 3 rings (SSSR count). The minimum Gasteiger partial charge on any atom is -0.387 e. The van der Waals surface area contributed by atoms with Crippen molar-refractivity contribution in [2.75, 3.05) is 26.2 Å². The zero-order chi connectivity index (χ0) is 15.4. The number of hydrogen-bond acceptors (Lipinski definition) is 4. The predicted molar refractivity (Wildman–Crippen MR) is 84.5 cm³/mol. The van der Waals surface area contributed by atoms with Crippen LogP contribution in [-0.4, -0.2) is 52.1 Å². The lowest BCUT2D eigenvalue weighted by Crippen LogP contribution is -2.45. The summed E-state index contributed by atoms with van der Waals surface area (Å²) in [6.45, 7) is 5.81. The number of aliphatic hydroxyl groups excluding tert-OH is 1. The molecule has 2 aromatic rings. The summed E-state index contributed by atoms with van der Waals surface area (Å²) in [7, 11) is 0. The Morgan fingerprint density at radius 1 is 1.36 bits per heavy atom. The molecule has 2 heterocycles. The summed E-state index contributed by atoms with van der Waals surface area (Å²) in [5.41, 5.74) is 2.13. The van der Waals surface area contributed by atoms with Gasteiger partial charge in [-0.2, -0.15) is 5.10 Å². The molecule has 1 aromatic carbocycles. The van der Waals surface area contributed by atoms with Crippen LogP contribution in [0.1, 0.15) is 17.2 Å². The summed E-state index contributed by atoms with van der Waals surface area (Å²) in [6, 6.07) is 9.82. The number of ether oxygens (including phenoxy) is 1. The molecule has 2 atom stereocenters. The Bertz CT molecular complexity index is 585. The largest absolute Gasteiger partial charge is 0.387 e. The molecule has 1 fully saturated rings. The molecule has 0 aliphatic carbocycles. The van der Waals surface area contributed by atoms with Gasteiger partial charge < -0.3 is 9.84 Å². The van der Waals surface area contributed by atoms with Crippen LogP contribution in [0, 0.1) is 6.92 Å². The van der Waals surface area contributed by atoms with Crippen molar-refractivity contribution in [2.24, 2.45) is 0 Å². The van der Waals surface area contributed by atoms with E-state index in [0.29, 0.717) is 13.2 Å². The summed E-state index contributed by atoms with van der Waals surface area (Å²) >= 11 is 0. The molecule has 118 valence electrons. The molecule has 0 spiro atoms. The van der Waals surface area contributed by atoms with E-state index >= 15 is 0 Å². The first-order valence-electron chi connectivity index (χ1n) is 7.77. The van der Waals surface area contributed by atoms with Gasteiger partial charge in [0.15, 0.2) is 0 Å². The number of hydrogen-bond donors (Lipinski definition) is 1. The highest BCUT2D eigenvalue weighted by atomic mass is 16.5. The van der Waals surface area contributed by atoms with Crippen LogP contribution in [-0.2, 0) is 11.3 Å². The maximum atomic E-state index is 10.4. The molecular formula is C17H23N3O2. The Labute approximate surface area is 131 Å². The van der Waals surface area contributed by atoms with Crippen LogP contribution >= 0.6 is 0 Å². The smallest absolute Gasteiger partial charge is 0.0916 e. The average molecular weight is 301 g/mol. The van der Waals surface area contributed by atoms with Crippen LogP contribution in [0.5, 0.6) is 0 Å². The quantitative estimate of drug-likeness (QED) is 0.912. The van der Waals surface area contributed by atoms with Crippen LogP contribution in [0.2, 0.25) is 0 Å². The van der Waals surface area contributed by atoms with E-state index < -0.39 is 6.10 Å². The van der Waals surface area contributed by atoms with E-state index in [4.69, 9.17) is 4.74 Å². The second-order valence-corrected chi connectivity index (χ2v) is 5.92. The highest BCUT2D eigenvalue weighted by Gasteiger charge is 2.23. The first kappa shape index (κ1) is 15.2. The second kappa shape index (κ2) is 7.05. The van der Waals surface area contributed by atoms with Crippen LogP contribution in [0.4, 0.5) is 0 Å². The second-order valence-electron chi connectivity index (χ2n) is 5.92. The fourth-order valence-electron chi connectivity index (χ4n) is 2.86. The lowest BCUT2D eigenvalue weighted by atomic mass is 10.1. The van der Waals surface area contributed by atoms with Crippen molar-refractivity contribution >= 4 is 0 Å². The summed E-state index contributed by atoms with van der Waals surface area (Å²) in [6.07, 6.45) is 3.56. The van der Waals surface area contributed by atoms with Crippen LogP contribution in [0.15, 0.2) is 42.7 Å². The number of benzene rings is 1. The minimum absolute atomic E-state index is 0.121. The van der Waals surface area contributed by atoms with Gasteiger partial charge in [-0.3, -0.25) is 9.58 Å². The van der Waals surface area contributed by atoms with E-state index in [1.54, 1.807) is 0 Å². The van der Waals surface area contributed by atoms with Crippen molar-refractivity contribution in [3.8, 4) is 0 Å². The third-order valence-electron chi connectivity index (χ3n) is 3.99. The van der Waals surface area contributed by atoms with Crippen LogP contribution in [0.3, 0.4) is 0 Å². The standard InChI is InChI=1S/C17H23N3O2/c1-14-9-18-20(10-14)12-16-11-19(7-8-22-16)13-17(21)15-5-3-2-4-6-15/h2-6,9-10,16-17,21H,7-8,11-13H2,1H3/t16-,17-/m1/s1. The van der Waals surface area contributed by atoms with E-state index in [0.717, 1.165) is 30.8 Å². The lowest BCUT2D eigenvalue weighted by molar-refractivity contribution is -0.0486. The Hall–Kier alpha value is -1.69. The van der Waals surface area contributed by atoms with Crippen molar-refractivity contribution in [1.29, 1.82) is 0 Å². The van der Waals surface area contributed by atoms with Crippen molar-refractivity contribution in [3.63, 3.8) is 0 Å². The summed E-state index contributed by atoms with van der Waals surface area (Å²) in [5.74, 6) is 0. The number of aryl methyl sites for hydroxylation is 1. The molecule has 1 N–H and O–H groups in total. The molecular weight excluding hydrogens is 278 g/mol. The van der Waals surface area contributed by atoms with Crippen molar-refractivity contribution < 1.29 is 9.84 Å². The minimum atomic E-state index is -0.452. The number of rotatable bonds is 5. The molecule has 1 aliphatic rings. The molecule has 0 unspecified atom stereocenters. The van der Waals surface area contributed by atoms with Gasteiger partial charge in [-0.1, -0.05) is 30.3 Å².